The molecule has 2 saturated carbocycles. The first-order valence-corrected chi connectivity index (χ1v) is 8.38. The van der Waals surface area contributed by atoms with Crippen LogP contribution < -0.4 is 5.32 Å². The molecule has 0 unspecified atom stereocenters. The molecule has 0 atom stereocenters. The summed E-state index contributed by atoms with van der Waals surface area (Å²) in [6, 6.07) is 0. The maximum absolute atomic E-state index is 12.5. The molecule has 2 aromatic rings. The molecule has 0 aliphatic heterocycles. The predicted octanol–water partition coefficient (Wildman–Crippen LogP) is 3.99. The van der Waals surface area contributed by atoms with E-state index in [1.54, 1.807) is 0 Å². The molecule has 0 saturated heterocycles. The van der Waals surface area contributed by atoms with Gasteiger partial charge in [-0.25, -0.2) is 9.97 Å². The van der Waals surface area contributed by atoms with Crippen LogP contribution in [-0.2, 0) is 0 Å². The number of aromatic nitrogens is 4. The Morgan fingerprint density at radius 3 is 2.38 bits per heavy atom. The summed E-state index contributed by atoms with van der Waals surface area (Å²) in [6.07, 6.45) is 9.06. The van der Waals surface area contributed by atoms with Crippen molar-refractivity contribution in [3.8, 4) is 11.5 Å². The summed E-state index contributed by atoms with van der Waals surface area (Å²) in [5.74, 6) is 0.571. The lowest BCUT2D eigenvalue weighted by atomic mass is 9.82. The van der Waals surface area contributed by atoms with Crippen LogP contribution in [0.15, 0.2) is 16.8 Å². The molecule has 128 valence electrons. The van der Waals surface area contributed by atoms with Gasteiger partial charge >= 0.3 is 6.43 Å². The first-order chi connectivity index (χ1) is 11.7. The Bertz CT molecular complexity index is 693. The van der Waals surface area contributed by atoms with Crippen molar-refractivity contribution < 1.29 is 13.2 Å². The summed E-state index contributed by atoms with van der Waals surface area (Å²) in [5.41, 5.74) is 0.581. The van der Waals surface area contributed by atoms with Gasteiger partial charge in [-0.15, -0.1) is 10.2 Å². The van der Waals surface area contributed by atoms with Gasteiger partial charge in [0.2, 0.25) is 5.95 Å². The summed E-state index contributed by atoms with van der Waals surface area (Å²) < 4.78 is 29.9. The van der Waals surface area contributed by atoms with Crippen molar-refractivity contribution in [3.63, 3.8) is 0 Å². The molecule has 0 aromatic carbocycles. The fraction of sp³-hybridized carbons (Fsp3) is 0.625. The third kappa shape index (κ3) is 2.97. The molecular formula is C16H19F2N5O. The van der Waals surface area contributed by atoms with Gasteiger partial charge in [0.25, 0.3) is 11.8 Å². The minimum atomic E-state index is -2.78. The van der Waals surface area contributed by atoms with Crippen LogP contribution in [0.4, 0.5) is 14.7 Å². The van der Waals surface area contributed by atoms with Crippen molar-refractivity contribution in [1.29, 1.82) is 0 Å². The zero-order chi connectivity index (χ0) is 16.6. The van der Waals surface area contributed by atoms with Crippen LogP contribution in [0.1, 0.15) is 57.3 Å². The minimum absolute atomic E-state index is 0.00488. The molecule has 0 amide bonds. The number of hydrogen-bond donors (Lipinski definition) is 1. The lowest BCUT2D eigenvalue weighted by Gasteiger charge is -2.31. The maximum atomic E-state index is 12.5. The Hall–Kier alpha value is -2.12. The van der Waals surface area contributed by atoms with Crippen LogP contribution in [0.2, 0.25) is 0 Å². The van der Waals surface area contributed by atoms with E-state index in [2.05, 4.69) is 25.5 Å². The molecule has 6 nitrogen and oxygen atoms in total. The van der Waals surface area contributed by atoms with E-state index >= 15 is 0 Å². The van der Waals surface area contributed by atoms with E-state index in [-0.39, 0.29) is 11.4 Å². The Balaban J connectivity index is 1.45. The molecule has 2 heterocycles. The molecule has 2 aromatic heterocycles. The van der Waals surface area contributed by atoms with Crippen molar-refractivity contribution in [2.45, 2.75) is 56.9 Å². The van der Waals surface area contributed by atoms with Gasteiger partial charge < -0.3 is 9.73 Å². The topological polar surface area (TPSA) is 76.7 Å². The monoisotopic (exact) mass is 335 g/mol. The average Bonchev–Trinajstić information content (AvgIpc) is 3.21. The predicted molar refractivity (Wildman–Crippen MR) is 82.4 cm³/mol. The molecule has 0 bridgehead atoms. The van der Waals surface area contributed by atoms with E-state index in [0.717, 1.165) is 12.8 Å². The summed E-state index contributed by atoms with van der Waals surface area (Å²) in [5, 5.41) is 10.4. The number of nitrogens with zero attached hydrogens (tertiary/aromatic N) is 4. The Morgan fingerprint density at radius 1 is 1.08 bits per heavy atom. The Labute approximate surface area is 138 Å². The van der Waals surface area contributed by atoms with E-state index in [4.69, 9.17) is 4.42 Å². The number of nitrogens with one attached hydrogen (secondary N) is 1. The smallest absolute Gasteiger partial charge is 0.314 e. The average molecular weight is 335 g/mol. The second-order valence-corrected chi connectivity index (χ2v) is 6.66. The van der Waals surface area contributed by atoms with E-state index < -0.39 is 12.3 Å². The minimum Gasteiger partial charge on any atom is -0.415 e. The van der Waals surface area contributed by atoms with Gasteiger partial charge in [0.15, 0.2) is 0 Å². The molecule has 0 spiro atoms. The molecule has 2 fully saturated rings. The highest BCUT2D eigenvalue weighted by Gasteiger charge is 2.49. The number of hydrogen-bond acceptors (Lipinski definition) is 6. The largest absolute Gasteiger partial charge is 0.415 e. The van der Waals surface area contributed by atoms with Gasteiger partial charge in [0.05, 0.1) is 5.56 Å². The van der Waals surface area contributed by atoms with Gasteiger partial charge in [-0.05, 0) is 31.6 Å². The van der Waals surface area contributed by atoms with Crippen molar-refractivity contribution >= 4 is 5.95 Å². The fourth-order valence-electron chi connectivity index (χ4n) is 3.59. The SMILES string of the molecule is FC(F)c1nnc(-c2cnc(NC3(C4CCCCC4)CC3)nc2)o1. The van der Waals surface area contributed by atoms with Gasteiger partial charge in [-0.2, -0.15) is 8.78 Å². The molecule has 4 rings (SSSR count). The summed E-state index contributed by atoms with van der Waals surface area (Å²) in [7, 11) is 0. The number of anilines is 1. The fourth-order valence-corrected chi connectivity index (χ4v) is 3.59. The zero-order valence-corrected chi connectivity index (χ0v) is 13.2. The standard InChI is InChI=1S/C16H19F2N5O/c17-12(18)14-23-22-13(24-14)10-8-19-15(20-9-10)21-16(6-7-16)11-4-2-1-3-5-11/h8-9,11-12H,1-7H2,(H,19,20,21). The molecule has 8 heteroatoms. The third-order valence-corrected chi connectivity index (χ3v) is 5.06. The second kappa shape index (κ2) is 6.07. The summed E-state index contributed by atoms with van der Waals surface area (Å²) in [6.45, 7) is 0. The van der Waals surface area contributed by atoms with E-state index in [1.807, 2.05) is 0 Å². The lowest BCUT2D eigenvalue weighted by Crippen LogP contribution is -2.33. The van der Waals surface area contributed by atoms with Gasteiger partial charge in [-0.3, -0.25) is 0 Å². The molecule has 2 aliphatic carbocycles. The van der Waals surface area contributed by atoms with E-state index in [1.165, 1.54) is 44.5 Å². The van der Waals surface area contributed by atoms with Crippen LogP contribution in [0.5, 0.6) is 0 Å². The number of alkyl halides is 2. The van der Waals surface area contributed by atoms with E-state index in [0.29, 0.717) is 17.4 Å². The van der Waals surface area contributed by atoms with Crippen LogP contribution >= 0.6 is 0 Å². The summed E-state index contributed by atoms with van der Waals surface area (Å²) >= 11 is 0. The Kier molecular flexibility index (Phi) is 3.90. The van der Waals surface area contributed by atoms with E-state index in [9.17, 15) is 8.78 Å². The first kappa shape index (κ1) is 15.4. The maximum Gasteiger partial charge on any atom is 0.314 e. The lowest BCUT2D eigenvalue weighted by molar-refractivity contribution is 0.116. The van der Waals surface area contributed by atoms with Crippen LogP contribution in [0.3, 0.4) is 0 Å². The highest BCUT2D eigenvalue weighted by molar-refractivity contribution is 5.50. The first-order valence-electron chi connectivity index (χ1n) is 8.38. The van der Waals surface area contributed by atoms with Gasteiger partial charge in [-0.1, -0.05) is 19.3 Å². The quantitative estimate of drug-likeness (QED) is 0.890. The summed E-state index contributed by atoms with van der Waals surface area (Å²) in [4.78, 5) is 8.58. The third-order valence-electron chi connectivity index (χ3n) is 5.06. The highest BCUT2D eigenvalue weighted by Crippen LogP contribution is 2.50. The number of halogens is 2. The molecule has 2 aliphatic rings. The van der Waals surface area contributed by atoms with Crippen LogP contribution in [-0.4, -0.2) is 25.7 Å². The highest BCUT2D eigenvalue weighted by atomic mass is 19.3. The molecule has 24 heavy (non-hydrogen) atoms. The Morgan fingerprint density at radius 2 is 1.79 bits per heavy atom. The zero-order valence-electron chi connectivity index (χ0n) is 13.2. The number of rotatable bonds is 5. The van der Waals surface area contributed by atoms with Crippen LogP contribution in [0.25, 0.3) is 11.5 Å². The molecule has 0 radical (unpaired) electrons. The van der Waals surface area contributed by atoms with Crippen LogP contribution in [0, 0.1) is 5.92 Å². The van der Waals surface area contributed by atoms with Crippen molar-refractivity contribution in [2.75, 3.05) is 5.32 Å². The molecule has 1 N–H and O–H groups in total. The second-order valence-electron chi connectivity index (χ2n) is 6.66. The van der Waals surface area contributed by atoms with Gasteiger partial charge in [0.1, 0.15) is 0 Å². The molecular weight excluding hydrogens is 316 g/mol. The normalized spacial score (nSPS) is 20.3. The van der Waals surface area contributed by atoms with Gasteiger partial charge in [0, 0.05) is 17.9 Å². The van der Waals surface area contributed by atoms with Crippen molar-refractivity contribution in [1.82, 2.24) is 20.2 Å². The van der Waals surface area contributed by atoms with Crippen molar-refractivity contribution in [3.05, 3.63) is 18.3 Å². The van der Waals surface area contributed by atoms with Crippen molar-refractivity contribution in [2.24, 2.45) is 5.92 Å².